The Kier molecular flexibility index (Phi) is 3.60. The Hall–Kier alpha value is -0.800. The summed E-state index contributed by atoms with van der Waals surface area (Å²) in [5, 5.41) is 3.45. The van der Waals surface area contributed by atoms with Crippen LogP contribution in [0.1, 0.15) is 24.8 Å². The number of nitrogens with one attached hydrogen (secondary N) is 1. The van der Waals surface area contributed by atoms with E-state index in [1.165, 1.54) is 19.3 Å². The molecule has 2 rings (SSSR count). The summed E-state index contributed by atoms with van der Waals surface area (Å²) in [6.07, 6.45) is 7.28. The van der Waals surface area contributed by atoms with Gasteiger partial charge in [-0.1, -0.05) is 6.42 Å². The summed E-state index contributed by atoms with van der Waals surface area (Å²) in [5.74, 6) is 0. The summed E-state index contributed by atoms with van der Waals surface area (Å²) in [4.78, 5) is 0. The summed E-state index contributed by atoms with van der Waals surface area (Å²) in [6, 6.07) is 2.49. The van der Waals surface area contributed by atoms with Gasteiger partial charge >= 0.3 is 0 Å². The van der Waals surface area contributed by atoms with E-state index in [0.29, 0.717) is 12.6 Å². The maximum Gasteiger partial charge on any atom is 0.0957 e. The average Bonchev–Trinajstić information content (AvgIpc) is 2.72. The van der Waals surface area contributed by atoms with Gasteiger partial charge in [0.1, 0.15) is 0 Å². The quantitative estimate of drug-likeness (QED) is 0.797. The first kappa shape index (κ1) is 9.74. The minimum Gasteiger partial charge on any atom is -0.472 e. The molecule has 1 N–H and O–H groups in total. The SMILES string of the molecule is c1cc(COCC2CCCCN2)co1. The van der Waals surface area contributed by atoms with E-state index in [0.717, 1.165) is 18.7 Å². The second kappa shape index (κ2) is 5.17. The fourth-order valence-corrected chi connectivity index (χ4v) is 1.76. The monoisotopic (exact) mass is 195 g/mol. The zero-order valence-electron chi connectivity index (χ0n) is 8.37. The zero-order valence-corrected chi connectivity index (χ0v) is 8.37. The van der Waals surface area contributed by atoms with Gasteiger partial charge in [0.15, 0.2) is 0 Å². The Morgan fingerprint density at radius 1 is 1.50 bits per heavy atom. The van der Waals surface area contributed by atoms with Gasteiger partial charge in [-0.15, -0.1) is 0 Å². The molecule has 1 unspecified atom stereocenters. The summed E-state index contributed by atoms with van der Waals surface area (Å²) in [6.45, 7) is 2.61. The van der Waals surface area contributed by atoms with Crippen molar-refractivity contribution in [3.63, 3.8) is 0 Å². The smallest absolute Gasteiger partial charge is 0.0957 e. The van der Waals surface area contributed by atoms with Gasteiger partial charge in [0, 0.05) is 11.6 Å². The molecule has 0 saturated carbocycles. The lowest BCUT2D eigenvalue weighted by Gasteiger charge is -2.22. The number of piperidine rings is 1. The molecule has 1 fully saturated rings. The maximum absolute atomic E-state index is 5.60. The van der Waals surface area contributed by atoms with Crippen LogP contribution in [0.4, 0.5) is 0 Å². The molecule has 0 radical (unpaired) electrons. The van der Waals surface area contributed by atoms with Crippen LogP contribution in [0.2, 0.25) is 0 Å². The summed E-state index contributed by atoms with van der Waals surface area (Å²) in [5.41, 5.74) is 1.11. The molecule has 78 valence electrons. The van der Waals surface area contributed by atoms with Gasteiger partial charge in [0.2, 0.25) is 0 Å². The minimum absolute atomic E-state index is 0.552. The largest absolute Gasteiger partial charge is 0.472 e. The second-order valence-electron chi connectivity index (χ2n) is 3.79. The number of rotatable bonds is 4. The number of furan rings is 1. The van der Waals surface area contributed by atoms with E-state index in [1.54, 1.807) is 12.5 Å². The maximum atomic E-state index is 5.60. The number of hydrogen-bond acceptors (Lipinski definition) is 3. The van der Waals surface area contributed by atoms with Gasteiger partial charge in [0.05, 0.1) is 25.7 Å². The van der Waals surface area contributed by atoms with Gasteiger partial charge in [0.25, 0.3) is 0 Å². The third-order valence-electron chi connectivity index (χ3n) is 2.58. The first-order chi connectivity index (χ1) is 6.95. The molecule has 3 nitrogen and oxygen atoms in total. The van der Waals surface area contributed by atoms with Crippen molar-refractivity contribution in [3.05, 3.63) is 24.2 Å². The Balaban J connectivity index is 1.62. The first-order valence-corrected chi connectivity index (χ1v) is 5.27. The molecule has 1 aliphatic rings. The average molecular weight is 195 g/mol. The van der Waals surface area contributed by atoms with E-state index in [1.807, 2.05) is 6.07 Å². The standard InChI is InChI=1S/C11H17NO2/c1-2-5-12-11(3-1)9-14-8-10-4-6-13-7-10/h4,6-7,11-12H,1-3,5,8-9H2. The van der Waals surface area contributed by atoms with Crippen molar-refractivity contribution in [2.75, 3.05) is 13.2 Å². The molecule has 3 heteroatoms. The van der Waals surface area contributed by atoms with Gasteiger partial charge < -0.3 is 14.5 Å². The third kappa shape index (κ3) is 2.86. The Morgan fingerprint density at radius 2 is 2.50 bits per heavy atom. The predicted molar refractivity (Wildman–Crippen MR) is 54.0 cm³/mol. The molecular weight excluding hydrogens is 178 g/mol. The fraction of sp³-hybridized carbons (Fsp3) is 0.636. The summed E-state index contributed by atoms with van der Waals surface area (Å²) < 4.78 is 10.6. The molecule has 1 atom stereocenters. The van der Waals surface area contributed by atoms with Crippen molar-refractivity contribution in [3.8, 4) is 0 Å². The zero-order chi connectivity index (χ0) is 9.64. The van der Waals surface area contributed by atoms with Crippen LogP contribution in [0.25, 0.3) is 0 Å². The van der Waals surface area contributed by atoms with Crippen LogP contribution in [0.15, 0.2) is 23.0 Å². The van der Waals surface area contributed by atoms with Crippen molar-refractivity contribution in [2.45, 2.75) is 31.9 Å². The highest BCUT2D eigenvalue weighted by Crippen LogP contribution is 2.08. The number of ether oxygens (including phenoxy) is 1. The number of hydrogen-bond donors (Lipinski definition) is 1. The summed E-state index contributed by atoms with van der Waals surface area (Å²) >= 11 is 0. The predicted octanol–water partition coefficient (Wildman–Crippen LogP) is 1.94. The lowest BCUT2D eigenvalue weighted by molar-refractivity contribution is 0.0908. The van der Waals surface area contributed by atoms with Crippen LogP contribution < -0.4 is 5.32 Å². The molecule has 2 heterocycles. The highest BCUT2D eigenvalue weighted by molar-refractivity contribution is 5.03. The molecule has 1 aromatic heterocycles. The second-order valence-corrected chi connectivity index (χ2v) is 3.79. The highest BCUT2D eigenvalue weighted by atomic mass is 16.5. The molecule has 0 aliphatic carbocycles. The van der Waals surface area contributed by atoms with E-state index in [9.17, 15) is 0 Å². The summed E-state index contributed by atoms with van der Waals surface area (Å²) in [7, 11) is 0. The molecule has 0 spiro atoms. The third-order valence-corrected chi connectivity index (χ3v) is 2.58. The van der Waals surface area contributed by atoms with Gasteiger partial charge in [-0.25, -0.2) is 0 Å². The van der Waals surface area contributed by atoms with Crippen LogP contribution >= 0.6 is 0 Å². The highest BCUT2D eigenvalue weighted by Gasteiger charge is 2.11. The molecule has 1 aliphatic heterocycles. The molecule has 0 amide bonds. The van der Waals surface area contributed by atoms with Crippen LogP contribution in [0.5, 0.6) is 0 Å². The van der Waals surface area contributed by atoms with Gasteiger partial charge in [-0.2, -0.15) is 0 Å². The van der Waals surface area contributed by atoms with Crippen molar-refractivity contribution >= 4 is 0 Å². The van der Waals surface area contributed by atoms with Crippen LogP contribution in [-0.2, 0) is 11.3 Å². The lowest BCUT2D eigenvalue weighted by Crippen LogP contribution is -2.37. The van der Waals surface area contributed by atoms with Crippen molar-refractivity contribution in [1.82, 2.24) is 5.32 Å². The molecule has 0 bridgehead atoms. The van der Waals surface area contributed by atoms with E-state index in [4.69, 9.17) is 9.15 Å². The van der Waals surface area contributed by atoms with E-state index < -0.39 is 0 Å². The van der Waals surface area contributed by atoms with E-state index in [2.05, 4.69) is 5.32 Å². The first-order valence-electron chi connectivity index (χ1n) is 5.27. The van der Waals surface area contributed by atoms with Crippen LogP contribution in [0.3, 0.4) is 0 Å². The van der Waals surface area contributed by atoms with Crippen molar-refractivity contribution in [2.24, 2.45) is 0 Å². The van der Waals surface area contributed by atoms with E-state index in [-0.39, 0.29) is 0 Å². The molecule has 14 heavy (non-hydrogen) atoms. The normalized spacial score (nSPS) is 22.4. The molecular formula is C11H17NO2. The molecule has 0 aromatic carbocycles. The van der Waals surface area contributed by atoms with E-state index >= 15 is 0 Å². The Labute approximate surface area is 84.4 Å². The van der Waals surface area contributed by atoms with Crippen molar-refractivity contribution in [1.29, 1.82) is 0 Å². The Morgan fingerprint density at radius 3 is 3.21 bits per heavy atom. The van der Waals surface area contributed by atoms with Gasteiger partial charge in [-0.3, -0.25) is 0 Å². The topological polar surface area (TPSA) is 34.4 Å². The Bertz CT molecular complexity index is 240. The molecule has 1 saturated heterocycles. The van der Waals surface area contributed by atoms with Crippen LogP contribution in [-0.4, -0.2) is 19.2 Å². The molecule has 1 aromatic rings. The van der Waals surface area contributed by atoms with Crippen LogP contribution in [0, 0.1) is 0 Å². The fourth-order valence-electron chi connectivity index (χ4n) is 1.76. The van der Waals surface area contributed by atoms with Gasteiger partial charge in [-0.05, 0) is 25.5 Å². The minimum atomic E-state index is 0.552. The van der Waals surface area contributed by atoms with Crippen molar-refractivity contribution < 1.29 is 9.15 Å². The lowest BCUT2D eigenvalue weighted by atomic mass is 10.1.